The smallest absolute Gasteiger partial charge is 0.198 e. The van der Waals surface area contributed by atoms with Crippen molar-refractivity contribution in [3.63, 3.8) is 0 Å². The highest BCUT2D eigenvalue weighted by Crippen LogP contribution is 2.16. The minimum atomic E-state index is -0.188. The van der Waals surface area contributed by atoms with Crippen LogP contribution in [0.2, 0.25) is 0 Å². The van der Waals surface area contributed by atoms with Crippen molar-refractivity contribution in [3.05, 3.63) is 16.4 Å². The second kappa shape index (κ2) is 4.02. The molecule has 0 spiro atoms. The van der Waals surface area contributed by atoms with E-state index in [1.807, 2.05) is 6.92 Å². The summed E-state index contributed by atoms with van der Waals surface area (Å²) in [6.07, 6.45) is 1.62. The van der Waals surface area contributed by atoms with Crippen LogP contribution in [0.25, 0.3) is 0 Å². The number of rotatable bonds is 3. The number of carbonyl (C=O) groups is 1. The van der Waals surface area contributed by atoms with Crippen LogP contribution < -0.4 is 5.32 Å². The summed E-state index contributed by atoms with van der Waals surface area (Å²) in [5.74, 6) is 0.0365. The van der Waals surface area contributed by atoms with E-state index in [1.165, 1.54) is 0 Å². The van der Waals surface area contributed by atoms with Gasteiger partial charge in [0.25, 0.3) is 0 Å². The predicted octanol–water partition coefficient (Wildman–Crippen LogP) is 0.973. The number of nitrogens with one attached hydrogen (secondary N) is 1. The predicted molar refractivity (Wildman–Crippen MR) is 53.8 cm³/mol. The molecule has 5 heteroatoms. The van der Waals surface area contributed by atoms with Crippen molar-refractivity contribution in [2.45, 2.75) is 13.0 Å². The standard InChI is InChI=1S/C8H12BrN3O/c1-5(10-2)8(13)7-6(9)4-11-12(7)3/h4-5,10H,1-3H3. The molecule has 1 N–H and O–H groups in total. The Balaban J connectivity index is 3.01. The molecule has 0 aliphatic rings. The monoisotopic (exact) mass is 245 g/mol. The Morgan fingerprint density at radius 2 is 2.38 bits per heavy atom. The molecule has 0 saturated carbocycles. The van der Waals surface area contributed by atoms with Gasteiger partial charge in [-0.05, 0) is 29.9 Å². The van der Waals surface area contributed by atoms with Gasteiger partial charge >= 0.3 is 0 Å². The summed E-state index contributed by atoms with van der Waals surface area (Å²) < 4.78 is 2.31. The van der Waals surface area contributed by atoms with E-state index in [1.54, 1.807) is 25.0 Å². The van der Waals surface area contributed by atoms with Crippen molar-refractivity contribution in [2.75, 3.05) is 7.05 Å². The second-order valence-electron chi connectivity index (χ2n) is 2.84. The van der Waals surface area contributed by atoms with Gasteiger partial charge in [-0.25, -0.2) is 0 Å². The largest absolute Gasteiger partial charge is 0.310 e. The molecule has 0 radical (unpaired) electrons. The fraction of sp³-hybridized carbons (Fsp3) is 0.500. The van der Waals surface area contributed by atoms with Crippen LogP contribution in [-0.2, 0) is 7.05 Å². The van der Waals surface area contributed by atoms with Gasteiger partial charge in [-0.3, -0.25) is 9.48 Å². The Labute approximate surface area is 85.4 Å². The Morgan fingerprint density at radius 1 is 1.77 bits per heavy atom. The van der Waals surface area contributed by atoms with E-state index in [9.17, 15) is 4.79 Å². The van der Waals surface area contributed by atoms with E-state index < -0.39 is 0 Å². The van der Waals surface area contributed by atoms with Crippen molar-refractivity contribution in [1.82, 2.24) is 15.1 Å². The Morgan fingerprint density at radius 3 is 2.77 bits per heavy atom. The minimum Gasteiger partial charge on any atom is -0.310 e. The van der Waals surface area contributed by atoms with Gasteiger partial charge < -0.3 is 5.32 Å². The number of hydrogen-bond acceptors (Lipinski definition) is 3. The maximum Gasteiger partial charge on any atom is 0.198 e. The lowest BCUT2D eigenvalue weighted by Gasteiger charge is -2.09. The molecule has 0 aliphatic heterocycles. The molecule has 1 aromatic rings. The third-order valence-corrected chi connectivity index (χ3v) is 2.53. The van der Waals surface area contributed by atoms with Crippen LogP contribution in [0.4, 0.5) is 0 Å². The van der Waals surface area contributed by atoms with E-state index in [0.717, 1.165) is 4.47 Å². The van der Waals surface area contributed by atoms with Crippen LogP contribution in [0.5, 0.6) is 0 Å². The lowest BCUT2D eigenvalue weighted by Crippen LogP contribution is -2.32. The van der Waals surface area contributed by atoms with Crippen LogP contribution >= 0.6 is 15.9 Å². The van der Waals surface area contributed by atoms with E-state index in [2.05, 4.69) is 26.3 Å². The fourth-order valence-electron chi connectivity index (χ4n) is 1.02. The topological polar surface area (TPSA) is 46.9 Å². The van der Waals surface area contributed by atoms with Crippen molar-refractivity contribution in [2.24, 2.45) is 7.05 Å². The minimum absolute atomic E-state index is 0.0365. The van der Waals surface area contributed by atoms with Crippen LogP contribution in [-0.4, -0.2) is 28.7 Å². The molecule has 0 amide bonds. The third-order valence-electron chi connectivity index (χ3n) is 1.95. The number of aromatic nitrogens is 2. The number of aryl methyl sites for hydroxylation is 1. The molecule has 0 bridgehead atoms. The van der Waals surface area contributed by atoms with E-state index in [4.69, 9.17) is 0 Å². The number of hydrogen-bond donors (Lipinski definition) is 1. The summed E-state index contributed by atoms with van der Waals surface area (Å²) in [5, 5.41) is 6.87. The molecular formula is C8H12BrN3O. The van der Waals surface area contributed by atoms with Crippen LogP contribution in [0.15, 0.2) is 10.7 Å². The molecule has 13 heavy (non-hydrogen) atoms. The summed E-state index contributed by atoms with van der Waals surface area (Å²) in [7, 11) is 3.51. The van der Waals surface area contributed by atoms with Crippen LogP contribution in [0.1, 0.15) is 17.4 Å². The number of Topliss-reactive ketones (excluding diaryl/α,β-unsaturated/α-hetero) is 1. The quantitative estimate of drug-likeness (QED) is 0.808. The zero-order valence-corrected chi connectivity index (χ0v) is 9.42. The summed E-state index contributed by atoms with van der Waals surface area (Å²) in [5.41, 5.74) is 0.599. The highest BCUT2D eigenvalue weighted by Gasteiger charge is 2.19. The molecule has 72 valence electrons. The van der Waals surface area contributed by atoms with E-state index in [-0.39, 0.29) is 11.8 Å². The molecule has 0 aromatic carbocycles. The molecule has 1 atom stereocenters. The van der Waals surface area contributed by atoms with Gasteiger partial charge in [0.05, 0.1) is 16.7 Å². The third kappa shape index (κ3) is 1.97. The average Bonchev–Trinajstić information content (AvgIpc) is 2.44. The molecule has 0 aliphatic carbocycles. The Bertz CT molecular complexity index is 302. The molecule has 1 unspecified atom stereocenters. The zero-order chi connectivity index (χ0) is 10.0. The lowest BCUT2D eigenvalue weighted by molar-refractivity contribution is 0.0945. The molecule has 1 aromatic heterocycles. The molecule has 4 nitrogen and oxygen atoms in total. The van der Waals surface area contributed by atoms with Crippen LogP contribution in [0.3, 0.4) is 0 Å². The SMILES string of the molecule is CNC(C)C(=O)c1c(Br)cnn1C. The van der Waals surface area contributed by atoms with E-state index >= 15 is 0 Å². The van der Waals surface area contributed by atoms with Gasteiger partial charge in [-0.15, -0.1) is 0 Å². The van der Waals surface area contributed by atoms with Gasteiger partial charge in [0, 0.05) is 7.05 Å². The van der Waals surface area contributed by atoms with E-state index in [0.29, 0.717) is 5.69 Å². The summed E-state index contributed by atoms with van der Waals surface area (Å²) >= 11 is 3.28. The second-order valence-corrected chi connectivity index (χ2v) is 3.69. The Hall–Kier alpha value is -0.680. The maximum atomic E-state index is 11.7. The first kappa shape index (κ1) is 10.4. The molecular weight excluding hydrogens is 234 g/mol. The van der Waals surface area contributed by atoms with Crippen molar-refractivity contribution < 1.29 is 4.79 Å². The summed E-state index contributed by atoms with van der Waals surface area (Å²) in [6.45, 7) is 1.82. The number of carbonyl (C=O) groups excluding carboxylic acids is 1. The fourth-order valence-corrected chi connectivity index (χ4v) is 1.57. The zero-order valence-electron chi connectivity index (χ0n) is 7.84. The molecule has 0 saturated heterocycles. The lowest BCUT2D eigenvalue weighted by atomic mass is 10.1. The number of ketones is 1. The summed E-state index contributed by atoms with van der Waals surface area (Å²) in [6, 6.07) is -0.188. The number of likely N-dealkylation sites (N-methyl/N-ethyl adjacent to an activating group) is 1. The number of nitrogens with zero attached hydrogens (tertiary/aromatic N) is 2. The van der Waals surface area contributed by atoms with Crippen LogP contribution in [0, 0.1) is 0 Å². The molecule has 1 heterocycles. The van der Waals surface area contributed by atoms with Crippen molar-refractivity contribution in [3.8, 4) is 0 Å². The van der Waals surface area contributed by atoms with Crippen molar-refractivity contribution >= 4 is 21.7 Å². The first-order chi connectivity index (χ1) is 6.07. The van der Waals surface area contributed by atoms with Crippen molar-refractivity contribution in [1.29, 1.82) is 0 Å². The van der Waals surface area contributed by atoms with Gasteiger partial charge in [-0.2, -0.15) is 5.10 Å². The van der Waals surface area contributed by atoms with Gasteiger partial charge in [-0.1, -0.05) is 0 Å². The van der Waals surface area contributed by atoms with Gasteiger partial charge in [0.15, 0.2) is 5.78 Å². The first-order valence-corrected chi connectivity index (χ1v) is 4.76. The van der Waals surface area contributed by atoms with Gasteiger partial charge in [0.2, 0.25) is 0 Å². The highest BCUT2D eigenvalue weighted by molar-refractivity contribution is 9.10. The maximum absolute atomic E-state index is 11.7. The Kier molecular flexibility index (Phi) is 3.22. The molecule has 1 rings (SSSR count). The molecule has 0 fully saturated rings. The number of halogens is 1. The average molecular weight is 246 g/mol. The normalized spacial score (nSPS) is 12.9. The first-order valence-electron chi connectivity index (χ1n) is 3.97. The highest BCUT2D eigenvalue weighted by atomic mass is 79.9. The summed E-state index contributed by atoms with van der Waals surface area (Å²) in [4.78, 5) is 11.7. The van der Waals surface area contributed by atoms with Gasteiger partial charge in [0.1, 0.15) is 5.69 Å².